The molecule has 1 saturated heterocycles. The van der Waals surface area contributed by atoms with E-state index in [2.05, 4.69) is 19.9 Å². The monoisotopic (exact) mass is 288 g/mol. The predicted octanol–water partition coefficient (Wildman–Crippen LogP) is -0.293. The molecule has 0 unspecified atom stereocenters. The molecule has 0 radical (unpaired) electrons. The number of hydrogen-bond acceptors (Lipinski definition) is 5. The molecule has 0 bridgehead atoms. The highest BCUT2D eigenvalue weighted by molar-refractivity contribution is 5.85. The minimum absolute atomic E-state index is 0. The van der Waals surface area contributed by atoms with Crippen LogP contribution in [0.2, 0.25) is 0 Å². The Morgan fingerprint density at radius 3 is 2.42 bits per heavy atom. The van der Waals surface area contributed by atoms with Crippen LogP contribution in [0, 0.1) is 0 Å². The van der Waals surface area contributed by atoms with Crippen LogP contribution in [-0.4, -0.2) is 38.0 Å². The highest BCUT2D eigenvalue weighted by Crippen LogP contribution is 2.03. The molecule has 0 atom stereocenters. The Morgan fingerprint density at radius 1 is 1.16 bits per heavy atom. The Morgan fingerprint density at radius 2 is 1.84 bits per heavy atom. The molecule has 0 amide bonds. The number of hydrazine groups is 1. The minimum atomic E-state index is -0.547. The standard InChI is InChI=1S/C5H4N4O2.C5H12N2.ClH/c10-4-2-3(7-1-6-2)8-5(11)9-4;6-7-4-2-1-3-5-7;/h1H,(H3,6,7,8,9,10,11);1-6H2;1H. The first-order chi connectivity index (χ1) is 8.66. The van der Waals surface area contributed by atoms with E-state index in [1.807, 2.05) is 5.01 Å². The smallest absolute Gasteiger partial charge is 0.327 e. The lowest BCUT2D eigenvalue weighted by Gasteiger charge is -2.20. The van der Waals surface area contributed by atoms with Gasteiger partial charge in [-0.15, -0.1) is 12.4 Å². The molecule has 0 aliphatic carbocycles. The van der Waals surface area contributed by atoms with E-state index in [4.69, 9.17) is 5.84 Å². The zero-order valence-corrected chi connectivity index (χ0v) is 11.1. The number of H-pyrrole nitrogens is 3. The van der Waals surface area contributed by atoms with E-state index in [1.165, 1.54) is 25.6 Å². The Kier molecular flexibility index (Phi) is 5.74. The first kappa shape index (κ1) is 15.4. The fraction of sp³-hybridized carbons (Fsp3) is 0.500. The molecule has 1 aliphatic heterocycles. The number of rotatable bonds is 0. The van der Waals surface area contributed by atoms with E-state index in [1.54, 1.807) is 0 Å². The van der Waals surface area contributed by atoms with Crippen molar-refractivity contribution in [1.29, 1.82) is 0 Å². The van der Waals surface area contributed by atoms with Gasteiger partial charge in [0.25, 0.3) is 5.56 Å². The van der Waals surface area contributed by atoms with Gasteiger partial charge in [-0.25, -0.2) is 14.8 Å². The Balaban J connectivity index is 0.000000198. The van der Waals surface area contributed by atoms with E-state index in [0.29, 0.717) is 0 Å². The zero-order valence-electron chi connectivity index (χ0n) is 10.3. The number of imidazole rings is 1. The lowest BCUT2D eigenvalue weighted by Crippen LogP contribution is -2.35. The molecular formula is C10H17ClN6O2. The van der Waals surface area contributed by atoms with Gasteiger partial charge in [0, 0.05) is 13.1 Å². The Bertz CT molecular complexity index is 612. The number of fused-ring (bicyclic) bond motifs is 1. The van der Waals surface area contributed by atoms with Crippen LogP contribution >= 0.6 is 12.4 Å². The topological polar surface area (TPSA) is 124 Å². The molecule has 2 aromatic heterocycles. The number of piperidine rings is 1. The van der Waals surface area contributed by atoms with E-state index >= 15 is 0 Å². The van der Waals surface area contributed by atoms with Crippen molar-refractivity contribution in [1.82, 2.24) is 24.9 Å². The second kappa shape index (κ2) is 7.07. The van der Waals surface area contributed by atoms with E-state index in [0.717, 1.165) is 13.1 Å². The van der Waals surface area contributed by atoms with Gasteiger partial charge in [0.05, 0.1) is 6.33 Å². The molecule has 5 N–H and O–H groups in total. The highest BCUT2D eigenvalue weighted by atomic mass is 35.5. The van der Waals surface area contributed by atoms with Crippen molar-refractivity contribution in [3.05, 3.63) is 27.2 Å². The fourth-order valence-corrected chi connectivity index (χ4v) is 1.78. The third-order valence-corrected chi connectivity index (χ3v) is 2.72. The van der Waals surface area contributed by atoms with E-state index in [-0.39, 0.29) is 23.6 Å². The molecule has 9 heteroatoms. The second-order valence-electron chi connectivity index (χ2n) is 4.13. The Labute approximate surface area is 114 Å². The second-order valence-corrected chi connectivity index (χ2v) is 4.13. The number of nitrogens with zero attached hydrogens (tertiary/aromatic N) is 2. The number of aromatic amines is 3. The summed E-state index contributed by atoms with van der Waals surface area (Å²) < 4.78 is 0. The van der Waals surface area contributed by atoms with Crippen LogP contribution in [0.5, 0.6) is 0 Å². The summed E-state index contributed by atoms with van der Waals surface area (Å²) in [4.78, 5) is 32.3. The molecular weight excluding hydrogens is 272 g/mol. The summed E-state index contributed by atoms with van der Waals surface area (Å²) >= 11 is 0. The number of halogens is 1. The van der Waals surface area contributed by atoms with Crippen LogP contribution < -0.4 is 17.1 Å². The van der Waals surface area contributed by atoms with Crippen molar-refractivity contribution >= 4 is 23.6 Å². The largest absolute Gasteiger partial charge is 0.339 e. The van der Waals surface area contributed by atoms with Gasteiger partial charge in [0.2, 0.25) is 0 Å². The van der Waals surface area contributed by atoms with Gasteiger partial charge in [-0.3, -0.25) is 20.6 Å². The third kappa shape index (κ3) is 4.19. The average molecular weight is 289 g/mol. The summed E-state index contributed by atoms with van der Waals surface area (Å²) in [5, 5.41) is 1.89. The molecule has 3 heterocycles. The lowest BCUT2D eigenvalue weighted by atomic mass is 10.2. The fourth-order valence-electron chi connectivity index (χ4n) is 1.78. The molecule has 1 fully saturated rings. The molecule has 0 spiro atoms. The molecule has 106 valence electrons. The molecule has 1 aliphatic rings. The summed E-state index contributed by atoms with van der Waals surface area (Å²) in [6, 6.07) is 0. The van der Waals surface area contributed by atoms with Crippen molar-refractivity contribution in [3.8, 4) is 0 Å². The van der Waals surface area contributed by atoms with Crippen molar-refractivity contribution in [2.45, 2.75) is 19.3 Å². The first-order valence-corrected chi connectivity index (χ1v) is 5.82. The number of nitrogens with one attached hydrogen (secondary N) is 3. The van der Waals surface area contributed by atoms with Gasteiger partial charge in [0.15, 0.2) is 5.65 Å². The molecule has 0 aromatic carbocycles. The average Bonchev–Trinajstić information content (AvgIpc) is 2.79. The summed E-state index contributed by atoms with van der Waals surface area (Å²) in [6.07, 6.45) is 5.29. The van der Waals surface area contributed by atoms with E-state index in [9.17, 15) is 9.59 Å². The van der Waals surface area contributed by atoms with Crippen molar-refractivity contribution in [2.75, 3.05) is 13.1 Å². The van der Waals surface area contributed by atoms with E-state index < -0.39 is 11.2 Å². The zero-order chi connectivity index (χ0) is 13.0. The van der Waals surface area contributed by atoms with Gasteiger partial charge in [-0.05, 0) is 12.8 Å². The van der Waals surface area contributed by atoms with Crippen LogP contribution in [-0.2, 0) is 0 Å². The molecule has 19 heavy (non-hydrogen) atoms. The molecule has 3 rings (SSSR count). The SMILES string of the molecule is Cl.NN1CCCCC1.O=c1[nH]c(=O)c2[nH]cnc2[nH]1. The van der Waals surface area contributed by atoms with Crippen LogP contribution in [0.4, 0.5) is 0 Å². The highest BCUT2D eigenvalue weighted by Gasteiger charge is 2.03. The van der Waals surface area contributed by atoms with Crippen molar-refractivity contribution in [2.24, 2.45) is 5.84 Å². The van der Waals surface area contributed by atoms with Crippen molar-refractivity contribution in [3.63, 3.8) is 0 Å². The summed E-state index contributed by atoms with van der Waals surface area (Å²) in [7, 11) is 0. The van der Waals surface area contributed by atoms with Crippen LogP contribution in [0.1, 0.15) is 19.3 Å². The summed E-state index contributed by atoms with van der Waals surface area (Å²) in [6.45, 7) is 2.19. The van der Waals surface area contributed by atoms with Gasteiger partial charge < -0.3 is 4.98 Å². The van der Waals surface area contributed by atoms with Gasteiger partial charge in [-0.2, -0.15) is 0 Å². The predicted molar refractivity (Wildman–Crippen MR) is 74.2 cm³/mol. The maximum Gasteiger partial charge on any atom is 0.327 e. The number of hydrogen-bond donors (Lipinski definition) is 4. The quantitative estimate of drug-likeness (QED) is 0.496. The first-order valence-electron chi connectivity index (χ1n) is 5.82. The normalized spacial score (nSPS) is 15.4. The van der Waals surface area contributed by atoms with Crippen molar-refractivity contribution < 1.29 is 0 Å². The number of aromatic nitrogens is 4. The van der Waals surface area contributed by atoms with Crippen LogP contribution in [0.15, 0.2) is 15.9 Å². The van der Waals surface area contributed by atoms with Gasteiger partial charge in [0.1, 0.15) is 5.52 Å². The Hall–Kier alpha value is -1.64. The lowest BCUT2D eigenvalue weighted by molar-refractivity contribution is 0.235. The maximum absolute atomic E-state index is 10.9. The minimum Gasteiger partial charge on any atom is -0.339 e. The van der Waals surface area contributed by atoms with Crippen LogP contribution in [0.3, 0.4) is 0 Å². The molecule has 8 nitrogen and oxygen atoms in total. The van der Waals surface area contributed by atoms with Crippen LogP contribution in [0.25, 0.3) is 11.2 Å². The van der Waals surface area contributed by atoms with Gasteiger partial charge in [-0.1, -0.05) is 6.42 Å². The third-order valence-electron chi connectivity index (χ3n) is 2.72. The number of nitrogens with two attached hydrogens (primary N) is 1. The molecule has 2 aromatic rings. The molecule has 0 saturated carbocycles. The van der Waals surface area contributed by atoms with Gasteiger partial charge >= 0.3 is 5.69 Å². The maximum atomic E-state index is 10.9. The summed E-state index contributed by atoms with van der Waals surface area (Å²) in [5.41, 5.74) is -0.445. The summed E-state index contributed by atoms with van der Waals surface area (Å²) in [5.74, 6) is 5.47.